The molecule has 0 aromatic heterocycles. The molecule has 2 fully saturated rings. The van der Waals surface area contributed by atoms with Gasteiger partial charge in [0.25, 0.3) is 11.8 Å². The van der Waals surface area contributed by atoms with E-state index in [-0.39, 0.29) is 18.8 Å². The molecule has 3 heterocycles. The number of amides is 2. The van der Waals surface area contributed by atoms with Crippen LogP contribution in [0.15, 0.2) is 30.0 Å². The van der Waals surface area contributed by atoms with Crippen molar-refractivity contribution < 1.29 is 19.4 Å². The lowest BCUT2D eigenvalue weighted by atomic mass is 9.71. The monoisotopic (exact) mass is 428 g/mol. The summed E-state index contributed by atoms with van der Waals surface area (Å²) in [6.45, 7) is 4.19. The Morgan fingerprint density at radius 2 is 1.77 bits per heavy atom. The number of ether oxygens (including phenoxy) is 1. The topological polar surface area (TPSA) is 85.3 Å². The molecule has 2 N–H and O–H groups in total. The number of benzene rings is 1. The number of methoxy groups -OCH3 is 1. The number of anilines is 2. The summed E-state index contributed by atoms with van der Waals surface area (Å²) in [6, 6.07) is 5.91. The highest BCUT2D eigenvalue weighted by molar-refractivity contribution is 6.17. The SMILES string of the molecule is COc1cc(N2CCC3(CCN(C)CC3)CC2)ccc1NC1=CC(=O)N(CCO)C1=O. The number of aliphatic hydroxyl groups is 1. The average Bonchev–Trinajstić information content (AvgIpc) is 3.04. The summed E-state index contributed by atoms with van der Waals surface area (Å²) < 4.78 is 5.57. The van der Waals surface area contributed by atoms with Crippen molar-refractivity contribution in [1.82, 2.24) is 9.80 Å². The normalized spacial score (nSPS) is 21.6. The van der Waals surface area contributed by atoms with Gasteiger partial charge < -0.3 is 25.0 Å². The first-order chi connectivity index (χ1) is 14.9. The van der Waals surface area contributed by atoms with Crippen LogP contribution in [0.5, 0.6) is 5.75 Å². The van der Waals surface area contributed by atoms with Crippen LogP contribution in [0.3, 0.4) is 0 Å². The molecule has 0 unspecified atom stereocenters. The van der Waals surface area contributed by atoms with Crippen molar-refractivity contribution in [2.24, 2.45) is 5.41 Å². The van der Waals surface area contributed by atoms with Crippen LogP contribution in [0.2, 0.25) is 0 Å². The number of hydrogen-bond acceptors (Lipinski definition) is 7. The fraction of sp³-hybridized carbons (Fsp3) is 0.565. The van der Waals surface area contributed by atoms with E-state index >= 15 is 0 Å². The first-order valence-electron chi connectivity index (χ1n) is 11.0. The summed E-state index contributed by atoms with van der Waals surface area (Å²) in [5.74, 6) is -0.239. The highest BCUT2D eigenvalue weighted by Crippen LogP contribution is 2.42. The molecule has 2 amide bonds. The molecule has 0 saturated carbocycles. The van der Waals surface area contributed by atoms with Crippen molar-refractivity contribution >= 4 is 23.2 Å². The third kappa shape index (κ3) is 4.41. The molecule has 8 heteroatoms. The Balaban J connectivity index is 1.43. The molecule has 8 nitrogen and oxygen atoms in total. The van der Waals surface area contributed by atoms with E-state index in [1.54, 1.807) is 7.11 Å². The Labute approximate surface area is 183 Å². The Bertz CT molecular complexity index is 866. The molecule has 31 heavy (non-hydrogen) atoms. The summed E-state index contributed by atoms with van der Waals surface area (Å²) in [5, 5.41) is 12.1. The van der Waals surface area contributed by atoms with Gasteiger partial charge in [-0.2, -0.15) is 0 Å². The molecule has 0 atom stereocenters. The van der Waals surface area contributed by atoms with E-state index in [2.05, 4.69) is 22.2 Å². The third-order valence-corrected chi connectivity index (χ3v) is 7.02. The summed E-state index contributed by atoms with van der Waals surface area (Å²) >= 11 is 0. The smallest absolute Gasteiger partial charge is 0.277 e. The van der Waals surface area contributed by atoms with Gasteiger partial charge in [-0.05, 0) is 63.4 Å². The number of carbonyl (C=O) groups excluding carboxylic acids is 2. The number of hydrogen-bond donors (Lipinski definition) is 2. The van der Waals surface area contributed by atoms with Crippen LogP contribution in [0.4, 0.5) is 11.4 Å². The van der Waals surface area contributed by atoms with E-state index in [0.29, 0.717) is 16.9 Å². The summed E-state index contributed by atoms with van der Waals surface area (Å²) in [5.41, 5.74) is 2.42. The van der Waals surface area contributed by atoms with E-state index < -0.39 is 11.8 Å². The lowest BCUT2D eigenvalue weighted by Gasteiger charge is -2.47. The lowest BCUT2D eigenvalue weighted by molar-refractivity contribution is -0.137. The number of nitrogens with zero attached hydrogens (tertiary/aromatic N) is 3. The fourth-order valence-electron chi connectivity index (χ4n) is 4.87. The van der Waals surface area contributed by atoms with Gasteiger partial charge in [0.15, 0.2) is 0 Å². The zero-order valence-corrected chi connectivity index (χ0v) is 18.4. The van der Waals surface area contributed by atoms with E-state index in [1.807, 2.05) is 18.2 Å². The second kappa shape index (κ2) is 8.88. The molecular weight excluding hydrogens is 396 g/mol. The molecule has 3 aliphatic rings. The number of nitrogens with one attached hydrogen (secondary N) is 1. The number of aliphatic hydroxyl groups excluding tert-OH is 1. The van der Waals surface area contributed by atoms with Crippen molar-refractivity contribution in [3.63, 3.8) is 0 Å². The molecule has 3 aliphatic heterocycles. The van der Waals surface area contributed by atoms with Gasteiger partial charge in [0.1, 0.15) is 11.4 Å². The van der Waals surface area contributed by atoms with Crippen LogP contribution in [-0.2, 0) is 9.59 Å². The first-order valence-corrected chi connectivity index (χ1v) is 11.0. The third-order valence-electron chi connectivity index (χ3n) is 7.02. The van der Waals surface area contributed by atoms with Gasteiger partial charge >= 0.3 is 0 Å². The first kappa shape index (κ1) is 21.6. The quantitative estimate of drug-likeness (QED) is 0.667. The maximum atomic E-state index is 12.4. The molecule has 4 rings (SSSR count). The number of carbonyl (C=O) groups is 2. The minimum absolute atomic E-state index is 0.0117. The second-order valence-corrected chi connectivity index (χ2v) is 8.88. The Hall–Kier alpha value is -2.58. The highest BCUT2D eigenvalue weighted by atomic mass is 16.5. The molecule has 0 radical (unpaired) electrons. The molecule has 2 saturated heterocycles. The maximum Gasteiger partial charge on any atom is 0.277 e. The zero-order chi connectivity index (χ0) is 22.0. The minimum Gasteiger partial charge on any atom is -0.494 e. The van der Waals surface area contributed by atoms with E-state index in [4.69, 9.17) is 9.84 Å². The van der Waals surface area contributed by atoms with E-state index in [1.165, 1.54) is 44.8 Å². The van der Waals surface area contributed by atoms with Crippen LogP contribution in [0.25, 0.3) is 0 Å². The molecule has 1 aromatic rings. The van der Waals surface area contributed by atoms with E-state index in [9.17, 15) is 9.59 Å². The van der Waals surface area contributed by atoms with Gasteiger partial charge in [-0.15, -0.1) is 0 Å². The van der Waals surface area contributed by atoms with Crippen molar-refractivity contribution in [3.05, 3.63) is 30.0 Å². The fourth-order valence-corrected chi connectivity index (χ4v) is 4.87. The summed E-state index contributed by atoms with van der Waals surface area (Å²) in [7, 11) is 3.81. The molecular formula is C23H32N4O4. The number of imide groups is 1. The molecule has 0 aliphatic carbocycles. The average molecular weight is 429 g/mol. The van der Waals surface area contributed by atoms with Gasteiger partial charge in [-0.1, -0.05) is 0 Å². The van der Waals surface area contributed by atoms with Gasteiger partial charge in [-0.25, -0.2) is 0 Å². The van der Waals surface area contributed by atoms with Gasteiger partial charge in [-0.3, -0.25) is 14.5 Å². The van der Waals surface area contributed by atoms with Crippen LogP contribution in [0, 0.1) is 5.41 Å². The molecule has 168 valence electrons. The molecule has 1 spiro atoms. The van der Waals surface area contributed by atoms with Gasteiger partial charge in [0.05, 0.1) is 25.9 Å². The zero-order valence-electron chi connectivity index (χ0n) is 18.4. The standard InChI is InChI=1S/C23H32N4O4/c1-25-9-5-23(6-10-25)7-11-26(12-8-23)17-3-4-18(20(15-17)31-2)24-19-16-21(29)27(13-14-28)22(19)30/h3-4,15-16,24,28H,5-14H2,1-2H3. The van der Waals surface area contributed by atoms with Crippen LogP contribution >= 0.6 is 0 Å². The van der Waals surface area contributed by atoms with Crippen molar-refractivity contribution in [1.29, 1.82) is 0 Å². The van der Waals surface area contributed by atoms with E-state index in [0.717, 1.165) is 23.7 Å². The number of likely N-dealkylation sites (tertiary alicyclic amines) is 1. The lowest BCUT2D eigenvalue weighted by Crippen LogP contribution is -2.46. The predicted octanol–water partition coefficient (Wildman–Crippen LogP) is 1.66. The number of rotatable bonds is 6. The maximum absolute atomic E-state index is 12.4. The van der Waals surface area contributed by atoms with Crippen LogP contribution in [0.1, 0.15) is 25.7 Å². The predicted molar refractivity (Wildman–Crippen MR) is 119 cm³/mol. The molecule has 1 aromatic carbocycles. The minimum atomic E-state index is -0.440. The number of piperidine rings is 2. The Morgan fingerprint density at radius 1 is 1.10 bits per heavy atom. The summed E-state index contributed by atoms with van der Waals surface area (Å²) in [4.78, 5) is 30.2. The largest absolute Gasteiger partial charge is 0.494 e. The second-order valence-electron chi connectivity index (χ2n) is 8.88. The van der Waals surface area contributed by atoms with Crippen molar-refractivity contribution in [2.75, 3.05) is 63.7 Å². The Morgan fingerprint density at radius 3 is 2.42 bits per heavy atom. The summed E-state index contributed by atoms with van der Waals surface area (Å²) in [6.07, 6.45) is 6.27. The van der Waals surface area contributed by atoms with Crippen molar-refractivity contribution in [2.45, 2.75) is 25.7 Å². The van der Waals surface area contributed by atoms with Gasteiger partial charge in [0, 0.05) is 30.9 Å². The van der Waals surface area contributed by atoms with Crippen molar-refractivity contribution in [3.8, 4) is 5.75 Å². The van der Waals surface area contributed by atoms with Crippen LogP contribution in [-0.4, -0.2) is 80.2 Å². The highest BCUT2D eigenvalue weighted by Gasteiger charge is 2.37. The molecule has 0 bridgehead atoms. The van der Waals surface area contributed by atoms with Crippen LogP contribution < -0.4 is 15.0 Å². The Kier molecular flexibility index (Phi) is 6.20. The van der Waals surface area contributed by atoms with Gasteiger partial charge in [0.2, 0.25) is 0 Å². The number of β-amino-alcohol motifs (C(OH)–C–C–N with tert-alkyl or cyclic N) is 1.